The summed E-state index contributed by atoms with van der Waals surface area (Å²) in [7, 11) is 0. The minimum absolute atomic E-state index is 0.161. The summed E-state index contributed by atoms with van der Waals surface area (Å²) in [5, 5.41) is 3.14. The van der Waals surface area contributed by atoms with E-state index in [9.17, 15) is 4.79 Å². The highest BCUT2D eigenvalue weighted by Crippen LogP contribution is 2.38. The number of nitrogens with one attached hydrogen (secondary N) is 1. The monoisotopic (exact) mass is 301 g/mol. The molecular weight excluding hydrogens is 270 g/mol. The molecule has 0 aliphatic heterocycles. The number of carbonyl (C=O) groups is 1. The Bertz CT molecular complexity index is 489. The second-order valence-corrected chi connectivity index (χ2v) is 7.70. The molecule has 0 aromatic heterocycles. The summed E-state index contributed by atoms with van der Waals surface area (Å²) in [6, 6.07) is 8.29. The SMILES string of the molecule is CC(C)c1ccc(NC(=O)[C@@H]2C[C@H](C)CC[C@H]2C(C)C)cc1. The van der Waals surface area contributed by atoms with Crippen molar-refractivity contribution in [3.63, 3.8) is 0 Å². The van der Waals surface area contributed by atoms with Gasteiger partial charge < -0.3 is 5.32 Å². The van der Waals surface area contributed by atoms with Crippen LogP contribution in [0.2, 0.25) is 0 Å². The van der Waals surface area contributed by atoms with Crippen LogP contribution in [-0.2, 0) is 4.79 Å². The predicted octanol–water partition coefficient (Wildman–Crippen LogP) is 5.46. The standard InChI is InChI=1S/C20H31NO/c1-13(2)16-7-9-17(10-8-16)21-20(22)19-12-15(5)6-11-18(19)14(3)4/h7-10,13-15,18-19H,6,11-12H2,1-5H3,(H,21,22)/t15-,18+,19-/m1/s1. The van der Waals surface area contributed by atoms with E-state index in [1.807, 2.05) is 12.1 Å². The fraction of sp³-hybridized carbons (Fsp3) is 0.650. The van der Waals surface area contributed by atoms with Gasteiger partial charge in [0.05, 0.1) is 0 Å². The Morgan fingerprint density at radius 1 is 1.09 bits per heavy atom. The molecule has 1 N–H and O–H groups in total. The molecule has 0 spiro atoms. The molecule has 0 heterocycles. The third-order valence-electron chi connectivity index (χ3n) is 5.20. The molecule has 0 unspecified atom stereocenters. The maximum absolute atomic E-state index is 12.7. The molecule has 1 aliphatic rings. The van der Waals surface area contributed by atoms with E-state index in [0.29, 0.717) is 23.7 Å². The third-order valence-corrected chi connectivity index (χ3v) is 5.20. The fourth-order valence-corrected chi connectivity index (χ4v) is 3.69. The Hall–Kier alpha value is -1.31. The Labute approximate surface area is 135 Å². The van der Waals surface area contributed by atoms with E-state index in [1.54, 1.807) is 0 Å². The molecule has 22 heavy (non-hydrogen) atoms. The third kappa shape index (κ3) is 4.12. The molecule has 2 heteroatoms. The Morgan fingerprint density at radius 3 is 2.27 bits per heavy atom. The first kappa shape index (κ1) is 17.1. The van der Waals surface area contributed by atoms with E-state index in [-0.39, 0.29) is 11.8 Å². The Kier molecular flexibility index (Phi) is 5.66. The zero-order chi connectivity index (χ0) is 16.3. The summed E-state index contributed by atoms with van der Waals surface area (Å²) >= 11 is 0. The van der Waals surface area contributed by atoms with Crippen molar-refractivity contribution in [3.05, 3.63) is 29.8 Å². The molecule has 0 saturated heterocycles. The average molecular weight is 301 g/mol. The molecule has 1 saturated carbocycles. The molecule has 3 atom stereocenters. The van der Waals surface area contributed by atoms with Crippen molar-refractivity contribution in [1.29, 1.82) is 0 Å². The average Bonchev–Trinajstić information content (AvgIpc) is 2.47. The molecule has 2 nitrogen and oxygen atoms in total. The highest BCUT2D eigenvalue weighted by atomic mass is 16.1. The molecule has 1 fully saturated rings. The van der Waals surface area contributed by atoms with Gasteiger partial charge in [0.2, 0.25) is 5.91 Å². The zero-order valence-electron chi connectivity index (χ0n) is 14.7. The second kappa shape index (κ2) is 7.30. The lowest BCUT2D eigenvalue weighted by Gasteiger charge is -2.36. The van der Waals surface area contributed by atoms with Crippen LogP contribution in [0.4, 0.5) is 5.69 Å². The normalized spacial score (nSPS) is 25.5. The summed E-state index contributed by atoms with van der Waals surface area (Å²) in [4.78, 5) is 12.7. The van der Waals surface area contributed by atoms with E-state index < -0.39 is 0 Å². The first-order chi connectivity index (χ1) is 10.4. The highest BCUT2D eigenvalue weighted by molar-refractivity contribution is 5.92. The van der Waals surface area contributed by atoms with Gasteiger partial charge in [0.1, 0.15) is 0 Å². The van der Waals surface area contributed by atoms with E-state index >= 15 is 0 Å². The maximum Gasteiger partial charge on any atom is 0.227 e. The van der Waals surface area contributed by atoms with Gasteiger partial charge in [-0.3, -0.25) is 4.79 Å². The van der Waals surface area contributed by atoms with Gasteiger partial charge in [0.25, 0.3) is 0 Å². The zero-order valence-corrected chi connectivity index (χ0v) is 14.7. The van der Waals surface area contributed by atoms with Gasteiger partial charge >= 0.3 is 0 Å². The van der Waals surface area contributed by atoms with Crippen LogP contribution in [0, 0.1) is 23.7 Å². The topological polar surface area (TPSA) is 29.1 Å². The van der Waals surface area contributed by atoms with Gasteiger partial charge in [-0.25, -0.2) is 0 Å². The van der Waals surface area contributed by atoms with Crippen molar-refractivity contribution in [2.75, 3.05) is 5.32 Å². The number of amides is 1. The summed E-state index contributed by atoms with van der Waals surface area (Å²) in [5.74, 6) is 2.65. The van der Waals surface area contributed by atoms with E-state index in [0.717, 1.165) is 12.1 Å². The van der Waals surface area contributed by atoms with Crippen LogP contribution in [0.3, 0.4) is 0 Å². The number of anilines is 1. The number of carbonyl (C=O) groups excluding carboxylic acids is 1. The second-order valence-electron chi connectivity index (χ2n) is 7.70. The number of rotatable bonds is 4. The van der Waals surface area contributed by atoms with E-state index in [2.05, 4.69) is 52.1 Å². The van der Waals surface area contributed by atoms with Gasteiger partial charge in [0, 0.05) is 11.6 Å². The van der Waals surface area contributed by atoms with Crippen molar-refractivity contribution >= 4 is 11.6 Å². The minimum atomic E-state index is 0.161. The van der Waals surface area contributed by atoms with Crippen LogP contribution in [0.25, 0.3) is 0 Å². The maximum atomic E-state index is 12.7. The van der Waals surface area contributed by atoms with Gasteiger partial charge in [-0.15, -0.1) is 0 Å². The minimum Gasteiger partial charge on any atom is -0.326 e. The largest absolute Gasteiger partial charge is 0.326 e. The molecular formula is C20H31NO. The quantitative estimate of drug-likeness (QED) is 0.786. The van der Waals surface area contributed by atoms with Crippen LogP contribution in [0.5, 0.6) is 0 Å². The van der Waals surface area contributed by atoms with E-state index in [4.69, 9.17) is 0 Å². The van der Waals surface area contributed by atoms with Gasteiger partial charge in [0.15, 0.2) is 0 Å². The number of benzene rings is 1. The van der Waals surface area contributed by atoms with Gasteiger partial charge in [-0.2, -0.15) is 0 Å². The van der Waals surface area contributed by atoms with Gasteiger partial charge in [-0.05, 0) is 54.2 Å². The highest BCUT2D eigenvalue weighted by Gasteiger charge is 2.35. The predicted molar refractivity (Wildman–Crippen MR) is 94.0 cm³/mol. The van der Waals surface area contributed by atoms with Crippen molar-refractivity contribution in [3.8, 4) is 0 Å². The van der Waals surface area contributed by atoms with Crippen molar-refractivity contribution < 1.29 is 4.79 Å². The molecule has 0 radical (unpaired) electrons. The lowest BCUT2D eigenvalue weighted by atomic mass is 9.70. The van der Waals surface area contributed by atoms with Crippen molar-refractivity contribution in [1.82, 2.24) is 0 Å². The molecule has 0 bridgehead atoms. The van der Waals surface area contributed by atoms with Crippen molar-refractivity contribution in [2.24, 2.45) is 23.7 Å². The molecule has 1 aromatic rings. The summed E-state index contributed by atoms with van der Waals surface area (Å²) in [5.41, 5.74) is 2.24. The lowest BCUT2D eigenvalue weighted by Crippen LogP contribution is -2.36. The number of hydrogen-bond donors (Lipinski definition) is 1. The van der Waals surface area contributed by atoms with Crippen LogP contribution in [0.1, 0.15) is 65.4 Å². The van der Waals surface area contributed by atoms with Crippen LogP contribution in [-0.4, -0.2) is 5.91 Å². The molecule has 2 rings (SSSR count). The van der Waals surface area contributed by atoms with Crippen LogP contribution in [0.15, 0.2) is 24.3 Å². The molecule has 122 valence electrons. The summed E-state index contributed by atoms with van der Waals surface area (Å²) in [6.45, 7) is 11.1. The van der Waals surface area contributed by atoms with Gasteiger partial charge in [-0.1, -0.05) is 53.2 Å². The number of hydrogen-bond acceptors (Lipinski definition) is 1. The Balaban J connectivity index is 2.05. The molecule has 1 aliphatic carbocycles. The van der Waals surface area contributed by atoms with Crippen LogP contribution < -0.4 is 5.32 Å². The lowest BCUT2D eigenvalue weighted by molar-refractivity contribution is -0.123. The first-order valence-corrected chi connectivity index (χ1v) is 8.79. The summed E-state index contributed by atoms with van der Waals surface area (Å²) < 4.78 is 0. The summed E-state index contributed by atoms with van der Waals surface area (Å²) in [6.07, 6.45) is 3.47. The van der Waals surface area contributed by atoms with Crippen molar-refractivity contribution in [2.45, 2.75) is 59.8 Å². The molecule has 1 amide bonds. The van der Waals surface area contributed by atoms with E-state index in [1.165, 1.54) is 18.4 Å². The first-order valence-electron chi connectivity index (χ1n) is 8.79. The molecule has 1 aromatic carbocycles. The fourth-order valence-electron chi connectivity index (χ4n) is 3.69. The van der Waals surface area contributed by atoms with Crippen LogP contribution >= 0.6 is 0 Å². The smallest absolute Gasteiger partial charge is 0.227 e. The Morgan fingerprint density at radius 2 is 1.73 bits per heavy atom.